The quantitative estimate of drug-likeness (QED) is 0.142. The third-order valence-corrected chi connectivity index (χ3v) is 7.95. The molecule has 0 saturated heterocycles. The highest BCUT2D eigenvalue weighted by atomic mass is 16.6. The summed E-state index contributed by atoms with van der Waals surface area (Å²) < 4.78 is 18.5. The summed E-state index contributed by atoms with van der Waals surface area (Å²) in [6.07, 6.45) is 0.436. The lowest BCUT2D eigenvalue weighted by Gasteiger charge is -2.20. The molecule has 0 bridgehead atoms. The molecule has 1 amide bonds. The normalized spacial score (nSPS) is 13.0. The Morgan fingerprint density at radius 1 is 0.783 bits per heavy atom. The molecule has 8 heteroatoms. The van der Waals surface area contributed by atoms with Crippen LogP contribution >= 0.6 is 0 Å². The molecule has 1 atom stereocenters. The first-order valence-corrected chi connectivity index (χ1v) is 15.3. The number of benzene rings is 4. The lowest BCUT2D eigenvalue weighted by Crippen LogP contribution is -2.43. The van der Waals surface area contributed by atoms with Gasteiger partial charge >= 0.3 is 18.2 Å². The second-order valence-corrected chi connectivity index (χ2v) is 12.3. The van der Waals surface area contributed by atoms with E-state index in [2.05, 4.69) is 17.4 Å². The fourth-order valence-electron chi connectivity index (χ4n) is 5.90. The number of hydrogen-bond acceptors (Lipinski definition) is 6. The third-order valence-electron chi connectivity index (χ3n) is 7.95. The largest absolute Gasteiger partial charge is 0.459 e. The van der Waals surface area contributed by atoms with Crippen molar-refractivity contribution in [3.63, 3.8) is 0 Å². The van der Waals surface area contributed by atoms with E-state index in [1.807, 2.05) is 91.0 Å². The van der Waals surface area contributed by atoms with Gasteiger partial charge < -0.3 is 19.5 Å². The number of alkyl carbamates (subject to hydrolysis) is 1. The van der Waals surface area contributed by atoms with E-state index in [1.54, 1.807) is 27.0 Å². The molecule has 1 N–H and O–H groups in total. The van der Waals surface area contributed by atoms with Gasteiger partial charge in [-0.25, -0.2) is 14.4 Å². The van der Waals surface area contributed by atoms with Gasteiger partial charge in [0.2, 0.25) is 0 Å². The van der Waals surface area contributed by atoms with Crippen molar-refractivity contribution in [3.8, 4) is 11.1 Å². The third kappa shape index (κ3) is 6.66. The average Bonchev–Trinajstić information content (AvgIpc) is 3.58. The Morgan fingerprint density at radius 3 is 2.07 bits per heavy atom. The van der Waals surface area contributed by atoms with Gasteiger partial charge in [-0.15, -0.1) is 0 Å². The Bertz CT molecular complexity index is 1840. The summed E-state index contributed by atoms with van der Waals surface area (Å²) in [5.41, 5.74) is 5.84. The summed E-state index contributed by atoms with van der Waals surface area (Å²) in [5.74, 6) is -0.750. The molecule has 1 heterocycles. The lowest BCUT2D eigenvalue weighted by atomic mass is 9.98. The maximum atomic E-state index is 13.5. The van der Waals surface area contributed by atoms with Crippen molar-refractivity contribution in [2.75, 3.05) is 6.61 Å². The van der Waals surface area contributed by atoms with Crippen LogP contribution in [0.3, 0.4) is 0 Å². The first-order valence-electron chi connectivity index (χ1n) is 15.3. The van der Waals surface area contributed by atoms with Gasteiger partial charge in [-0.2, -0.15) is 0 Å². The number of amides is 1. The molecule has 1 aromatic heterocycles. The van der Waals surface area contributed by atoms with Crippen LogP contribution in [0, 0.1) is 0 Å². The number of rotatable bonds is 8. The number of nitrogens with zero attached hydrogens (tertiary/aromatic N) is 1. The van der Waals surface area contributed by atoms with Crippen LogP contribution in [0.25, 0.3) is 22.0 Å². The number of para-hydroxylation sites is 1. The number of hydrogen-bond donors (Lipinski definition) is 1. The number of carbonyl (C=O) groups is 3. The van der Waals surface area contributed by atoms with E-state index in [4.69, 9.17) is 14.2 Å². The molecule has 0 radical (unpaired) electrons. The standard InChI is InChI=1S/C38H36N2O6/c1-38(2,3)46-37(43)40-22-26(27-15-11-12-20-34(27)40)21-33(35(41)44-23-25-13-5-4-6-14-25)39-36(42)45-24-32-30-18-9-7-16-28(30)29-17-8-10-19-31(29)32/h4-20,22,32-33H,21,23-24H2,1-3H3,(H,39,42)/t33-/m0/s1. The molecule has 1 aliphatic rings. The predicted octanol–water partition coefficient (Wildman–Crippen LogP) is 7.62. The first-order chi connectivity index (χ1) is 22.2. The van der Waals surface area contributed by atoms with E-state index in [0.29, 0.717) is 11.1 Å². The zero-order valence-corrected chi connectivity index (χ0v) is 26.1. The summed E-state index contributed by atoms with van der Waals surface area (Å²) in [4.78, 5) is 39.9. The molecule has 6 rings (SSSR count). The summed E-state index contributed by atoms with van der Waals surface area (Å²) in [6.45, 7) is 5.55. The van der Waals surface area contributed by atoms with Crippen molar-refractivity contribution in [1.82, 2.24) is 9.88 Å². The Balaban J connectivity index is 1.23. The number of carbonyl (C=O) groups excluding carboxylic acids is 3. The van der Waals surface area contributed by atoms with Crippen LogP contribution in [0.4, 0.5) is 9.59 Å². The first kappa shape index (κ1) is 30.6. The Labute approximate surface area is 267 Å². The molecule has 46 heavy (non-hydrogen) atoms. The van der Waals surface area contributed by atoms with Crippen LogP contribution < -0.4 is 5.32 Å². The molecular weight excluding hydrogens is 580 g/mol. The highest BCUT2D eigenvalue weighted by Crippen LogP contribution is 2.44. The van der Waals surface area contributed by atoms with Gasteiger partial charge in [0.25, 0.3) is 0 Å². The molecule has 0 fully saturated rings. The number of esters is 1. The lowest BCUT2D eigenvalue weighted by molar-refractivity contribution is -0.147. The Morgan fingerprint density at radius 2 is 1.39 bits per heavy atom. The van der Waals surface area contributed by atoms with Gasteiger partial charge in [-0.05, 0) is 60.2 Å². The highest BCUT2D eigenvalue weighted by Gasteiger charge is 2.31. The zero-order chi connectivity index (χ0) is 32.3. The topological polar surface area (TPSA) is 95.9 Å². The van der Waals surface area contributed by atoms with Crippen molar-refractivity contribution >= 4 is 29.1 Å². The Hall–Kier alpha value is -5.37. The molecule has 4 aromatic carbocycles. The minimum absolute atomic E-state index is 0.0439. The van der Waals surface area contributed by atoms with Crippen molar-refractivity contribution in [2.45, 2.75) is 51.4 Å². The van der Waals surface area contributed by atoms with E-state index in [9.17, 15) is 14.4 Å². The van der Waals surface area contributed by atoms with Gasteiger partial charge in [0, 0.05) is 23.9 Å². The second kappa shape index (κ2) is 12.9. The van der Waals surface area contributed by atoms with Crippen molar-refractivity contribution in [2.24, 2.45) is 0 Å². The molecule has 0 aliphatic heterocycles. The minimum atomic E-state index is -1.09. The fraction of sp³-hybridized carbons (Fsp3) is 0.237. The van der Waals surface area contributed by atoms with Gasteiger partial charge in [-0.1, -0.05) is 97.1 Å². The van der Waals surface area contributed by atoms with Gasteiger partial charge in [0.15, 0.2) is 0 Å². The average molecular weight is 617 g/mol. The van der Waals surface area contributed by atoms with Gasteiger partial charge in [0.05, 0.1) is 5.52 Å². The molecular formula is C38H36N2O6. The molecule has 234 valence electrons. The van der Waals surface area contributed by atoms with Gasteiger partial charge in [0.1, 0.15) is 24.9 Å². The summed E-state index contributed by atoms with van der Waals surface area (Å²) in [7, 11) is 0. The summed E-state index contributed by atoms with van der Waals surface area (Å²) >= 11 is 0. The number of fused-ring (bicyclic) bond motifs is 4. The van der Waals surface area contributed by atoms with Gasteiger partial charge in [-0.3, -0.25) is 4.57 Å². The SMILES string of the molecule is CC(C)(C)OC(=O)n1cc(C[C@H](NC(=O)OCC2c3ccccc3-c3ccccc32)C(=O)OCc2ccccc2)c2ccccc21. The smallest absolute Gasteiger partial charge is 0.419 e. The van der Waals surface area contributed by atoms with Crippen LogP contribution in [0.1, 0.15) is 48.9 Å². The van der Waals surface area contributed by atoms with Crippen molar-refractivity contribution in [1.29, 1.82) is 0 Å². The summed E-state index contributed by atoms with van der Waals surface area (Å²) in [6, 6.07) is 31.8. The van der Waals surface area contributed by atoms with Crippen molar-refractivity contribution < 1.29 is 28.6 Å². The van der Waals surface area contributed by atoms with E-state index in [0.717, 1.165) is 33.2 Å². The monoisotopic (exact) mass is 616 g/mol. The van der Waals surface area contributed by atoms with E-state index in [-0.39, 0.29) is 25.6 Å². The zero-order valence-electron chi connectivity index (χ0n) is 26.1. The van der Waals surface area contributed by atoms with Crippen LogP contribution in [0.2, 0.25) is 0 Å². The van der Waals surface area contributed by atoms with E-state index >= 15 is 0 Å². The molecule has 8 nitrogen and oxygen atoms in total. The number of aromatic nitrogens is 1. The molecule has 0 saturated carbocycles. The summed E-state index contributed by atoms with van der Waals surface area (Å²) in [5, 5.41) is 3.51. The molecule has 0 spiro atoms. The maximum Gasteiger partial charge on any atom is 0.419 e. The maximum absolute atomic E-state index is 13.5. The van der Waals surface area contributed by atoms with Crippen LogP contribution in [-0.2, 0) is 32.0 Å². The second-order valence-electron chi connectivity index (χ2n) is 12.3. The Kier molecular flexibility index (Phi) is 8.61. The van der Waals surface area contributed by atoms with Crippen LogP contribution in [-0.4, -0.2) is 41.0 Å². The van der Waals surface area contributed by atoms with Crippen molar-refractivity contribution in [3.05, 3.63) is 132 Å². The van der Waals surface area contributed by atoms with E-state index < -0.39 is 29.8 Å². The van der Waals surface area contributed by atoms with Crippen LogP contribution in [0.5, 0.6) is 0 Å². The van der Waals surface area contributed by atoms with E-state index in [1.165, 1.54) is 4.57 Å². The fourth-order valence-corrected chi connectivity index (χ4v) is 5.90. The molecule has 5 aromatic rings. The predicted molar refractivity (Wildman–Crippen MR) is 176 cm³/mol. The number of ether oxygens (including phenoxy) is 3. The highest BCUT2D eigenvalue weighted by molar-refractivity contribution is 5.93. The number of nitrogens with one attached hydrogen (secondary N) is 1. The van der Waals surface area contributed by atoms with Crippen LogP contribution in [0.15, 0.2) is 109 Å². The molecule has 1 aliphatic carbocycles. The molecule has 0 unspecified atom stereocenters. The minimum Gasteiger partial charge on any atom is -0.459 e.